The van der Waals surface area contributed by atoms with Crippen molar-refractivity contribution in [1.82, 2.24) is 4.86 Å². The van der Waals surface area contributed by atoms with Gasteiger partial charge in [-0.15, -0.1) is 4.86 Å². The number of aliphatic hydroxyl groups excluding tert-OH is 3. The van der Waals surface area contributed by atoms with Crippen molar-refractivity contribution in [2.45, 2.75) is 31.0 Å². The quantitative estimate of drug-likeness (QED) is 0.210. The van der Waals surface area contributed by atoms with Crippen LogP contribution in [0.1, 0.15) is 6.42 Å². The minimum atomic E-state index is -5.45. The minimum absolute atomic E-state index is 0.529. The van der Waals surface area contributed by atoms with Crippen molar-refractivity contribution in [1.29, 1.82) is 0 Å². The minimum Gasteiger partial charge on any atom is -0.394 e. The maximum Gasteiger partial charge on any atom is 0.477 e. The molecule has 0 radical (unpaired) electrons. The molecule has 2 unspecified atom stereocenters. The van der Waals surface area contributed by atoms with Gasteiger partial charge in [-0.05, 0) is 0 Å². The van der Waals surface area contributed by atoms with E-state index in [1.807, 2.05) is 0 Å². The first-order chi connectivity index (χ1) is 10.2. The molecule has 1 aliphatic rings. The molecule has 23 heavy (non-hydrogen) atoms. The smallest absolute Gasteiger partial charge is 0.394 e. The Hall–Kier alpha value is 0.250. The second kappa shape index (κ2) is 7.65. The molecule has 8 N–H and O–H groups in total. The summed E-state index contributed by atoms with van der Waals surface area (Å²) < 4.78 is 46.0. The molecule has 1 saturated heterocycles. The second-order valence-corrected chi connectivity index (χ2v) is 9.13. The van der Waals surface area contributed by atoms with Gasteiger partial charge in [0, 0.05) is 6.42 Å². The Labute approximate surface area is 129 Å². The molecule has 1 rings (SSSR count). The van der Waals surface area contributed by atoms with Crippen LogP contribution in [0.25, 0.3) is 0 Å². The van der Waals surface area contributed by atoms with E-state index in [1.54, 1.807) is 0 Å². The summed E-state index contributed by atoms with van der Waals surface area (Å²) in [7, 11) is -16.1. The SMILES string of the molecule is O=P(O)(O)OP(=O)(O)NP(=O)(O)O[C@H]1C[C@@H](O)[C@H](O)[C@@H](CO)O1. The Bertz CT molecular complexity index is 548. The molecule has 0 amide bonds. The van der Waals surface area contributed by atoms with Gasteiger partial charge in [0.1, 0.15) is 12.2 Å². The number of ether oxygens (including phenoxy) is 1. The molecule has 1 aliphatic heterocycles. The van der Waals surface area contributed by atoms with Crippen LogP contribution >= 0.6 is 23.3 Å². The molecule has 14 nitrogen and oxygen atoms in total. The standard InChI is InChI=1S/C6H16NO13P3/c8-2-4-6(10)3(9)1-5(18-4)19-21(11,12)7-22(13,14)20-23(15,16)17/h3-6,8-10H,1-2H2,(H2,15,16,17)(H3,7,11,12,13,14)/t3-,4-,5+,6+/m1/s1. The topological polar surface area (TPSA) is 233 Å². The van der Waals surface area contributed by atoms with Crippen molar-refractivity contribution in [2.24, 2.45) is 0 Å². The average Bonchev–Trinajstić information content (AvgIpc) is 2.27. The van der Waals surface area contributed by atoms with Gasteiger partial charge in [-0.2, -0.15) is 4.31 Å². The van der Waals surface area contributed by atoms with Gasteiger partial charge in [0.2, 0.25) is 0 Å². The van der Waals surface area contributed by atoms with Crippen LogP contribution < -0.4 is 4.86 Å². The van der Waals surface area contributed by atoms with E-state index in [9.17, 15) is 28.8 Å². The highest BCUT2D eigenvalue weighted by Gasteiger charge is 2.43. The Morgan fingerprint density at radius 2 is 1.65 bits per heavy atom. The predicted molar refractivity (Wildman–Crippen MR) is 69.4 cm³/mol. The highest BCUT2D eigenvalue weighted by Crippen LogP contribution is 2.60. The van der Waals surface area contributed by atoms with E-state index in [-0.39, 0.29) is 0 Å². The number of aliphatic hydroxyl groups is 3. The van der Waals surface area contributed by atoms with Crippen LogP contribution in [0.5, 0.6) is 0 Å². The van der Waals surface area contributed by atoms with Crippen molar-refractivity contribution >= 4 is 23.3 Å². The molecular weight excluding hydrogens is 387 g/mol. The van der Waals surface area contributed by atoms with Crippen LogP contribution in [0.2, 0.25) is 0 Å². The molecule has 0 aliphatic carbocycles. The molecule has 1 heterocycles. The average molecular weight is 403 g/mol. The molecule has 138 valence electrons. The molecule has 0 bridgehead atoms. The number of phosphoric acid groups is 1. The monoisotopic (exact) mass is 403 g/mol. The molecule has 0 saturated carbocycles. The Balaban J connectivity index is 2.73. The maximum atomic E-state index is 11.6. The molecule has 0 aromatic carbocycles. The van der Waals surface area contributed by atoms with Gasteiger partial charge in [0.05, 0.1) is 12.7 Å². The highest BCUT2D eigenvalue weighted by molar-refractivity contribution is 7.70. The number of hydrogen-bond acceptors (Lipinski definition) is 9. The lowest BCUT2D eigenvalue weighted by Gasteiger charge is -2.36. The Morgan fingerprint density at radius 3 is 2.13 bits per heavy atom. The van der Waals surface area contributed by atoms with E-state index in [4.69, 9.17) is 24.5 Å². The lowest BCUT2D eigenvalue weighted by molar-refractivity contribution is -0.231. The van der Waals surface area contributed by atoms with Crippen LogP contribution in [0.3, 0.4) is 0 Å². The van der Waals surface area contributed by atoms with Gasteiger partial charge in [-0.3, -0.25) is 4.52 Å². The van der Waals surface area contributed by atoms with E-state index in [1.165, 1.54) is 0 Å². The largest absolute Gasteiger partial charge is 0.477 e. The first-order valence-corrected chi connectivity index (χ1v) is 10.5. The zero-order chi connectivity index (χ0) is 18.1. The number of nitrogens with one attached hydrogen (secondary N) is 1. The van der Waals surface area contributed by atoms with Gasteiger partial charge in [0.15, 0.2) is 6.29 Å². The lowest BCUT2D eigenvalue weighted by Crippen LogP contribution is -2.50. The van der Waals surface area contributed by atoms with E-state index < -0.39 is 60.9 Å². The maximum absolute atomic E-state index is 11.6. The fourth-order valence-corrected chi connectivity index (χ4v) is 5.19. The van der Waals surface area contributed by atoms with Crippen LogP contribution in [0.4, 0.5) is 0 Å². The zero-order valence-corrected chi connectivity index (χ0v) is 13.8. The van der Waals surface area contributed by atoms with Gasteiger partial charge < -0.3 is 39.6 Å². The summed E-state index contributed by atoms with van der Waals surface area (Å²) in [5, 5.41) is 27.8. The molecule has 1 fully saturated rings. The summed E-state index contributed by atoms with van der Waals surface area (Å²) in [6, 6.07) is 0. The predicted octanol–water partition coefficient (Wildman–Crippen LogP) is -2.27. The summed E-state index contributed by atoms with van der Waals surface area (Å²) in [5.41, 5.74) is 0. The van der Waals surface area contributed by atoms with Crippen molar-refractivity contribution in [3.63, 3.8) is 0 Å². The van der Waals surface area contributed by atoms with Crippen molar-refractivity contribution in [3.05, 3.63) is 0 Å². The van der Waals surface area contributed by atoms with Crippen LogP contribution in [-0.2, 0) is 27.3 Å². The highest BCUT2D eigenvalue weighted by atomic mass is 31.3. The normalized spacial score (nSPS) is 34.6. The Kier molecular flexibility index (Phi) is 7.08. The van der Waals surface area contributed by atoms with E-state index in [0.717, 1.165) is 4.86 Å². The van der Waals surface area contributed by atoms with E-state index in [2.05, 4.69) is 8.83 Å². The van der Waals surface area contributed by atoms with Crippen molar-refractivity contribution in [2.75, 3.05) is 6.61 Å². The first kappa shape index (κ1) is 21.3. The van der Waals surface area contributed by atoms with Crippen molar-refractivity contribution < 1.29 is 62.2 Å². The van der Waals surface area contributed by atoms with E-state index in [0.29, 0.717) is 0 Å². The van der Waals surface area contributed by atoms with Gasteiger partial charge >= 0.3 is 23.3 Å². The third-order valence-corrected chi connectivity index (χ3v) is 6.72. The van der Waals surface area contributed by atoms with E-state index >= 15 is 0 Å². The molecule has 0 aromatic rings. The molecular formula is C6H16NO13P3. The third-order valence-electron chi connectivity index (χ3n) is 2.45. The zero-order valence-electron chi connectivity index (χ0n) is 11.1. The summed E-state index contributed by atoms with van der Waals surface area (Å²) in [4.78, 5) is 36.2. The third kappa shape index (κ3) is 7.34. The molecule has 0 aromatic heterocycles. The molecule has 6 atom stereocenters. The van der Waals surface area contributed by atoms with Gasteiger partial charge in [-0.1, -0.05) is 0 Å². The van der Waals surface area contributed by atoms with Crippen molar-refractivity contribution in [3.8, 4) is 0 Å². The molecule has 0 spiro atoms. The number of rotatable bonds is 7. The second-order valence-electron chi connectivity index (χ2n) is 4.40. The lowest BCUT2D eigenvalue weighted by atomic mass is 10.0. The number of hydrogen-bond donors (Lipinski definition) is 8. The van der Waals surface area contributed by atoms with Crippen LogP contribution in [0, 0.1) is 0 Å². The fourth-order valence-electron chi connectivity index (χ4n) is 1.64. The van der Waals surface area contributed by atoms with Gasteiger partial charge in [0.25, 0.3) is 0 Å². The summed E-state index contributed by atoms with van der Waals surface area (Å²) in [6.45, 7) is -0.763. The van der Waals surface area contributed by atoms with Crippen LogP contribution in [0.15, 0.2) is 0 Å². The van der Waals surface area contributed by atoms with Gasteiger partial charge in [-0.25, -0.2) is 13.7 Å². The Morgan fingerprint density at radius 1 is 1.09 bits per heavy atom. The fraction of sp³-hybridized carbons (Fsp3) is 1.00. The summed E-state index contributed by atoms with van der Waals surface area (Å²) in [5.74, 6) is 0. The summed E-state index contributed by atoms with van der Waals surface area (Å²) in [6.07, 6.45) is -6.54. The molecule has 17 heteroatoms. The van der Waals surface area contributed by atoms with Crippen LogP contribution in [-0.4, -0.2) is 66.1 Å². The summed E-state index contributed by atoms with van der Waals surface area (Å²) >= 11 is 0. The first-order valence-electron chi connectivity index (χ1n) is 5.77.